The van der Waals surface area contributed by atoms with Crippen LogP contribution in [-0.2, 0) is 9.53 Å². The zero-order valence-electron chi connectivity index (χ0n) is 9.60. The molecule has 1 heterocycles. The van der Waals surface area contributed by atoms with Gasteiger partial charge in [-0.3, -0.25) is 4.79 Å². The summed E-state index contributed by atoms with van der Waals surface area (Å²) in [7, 11) is 3.00. The third kappa shape index (κ3) is 3.41. The van der Waals surface area contributed by atoms with E-state index in [1.165, 1.54) is 18.9 Å². The van der Waals surface area contributed by atoms with E-state index >= 15 is 0 Å². The van der Waals surface area contributed by atoms with Gasteiger partial charge in [0.25, 0.3) is 0 Å². The molecule has 0 saturated heterocycles. The molecule has 0 aliphatic rings. The van der Waals surface area contributed by atoms with Crippen molar-refractivity contribution < 1.29 is 14.3 Å². The van der Waals surface area contributed by atoms with E-state index in [-0.39, 0.29) is 11.9 Å². The smallest absolute Gasteiger partial charge is 0.309 e. The van der Waals surface area contributed by atoms with Crippen LogP contribution in [-0.4, -0.2) is 30.9 Å². The van der Waals surface area contributed by atoms with Crippen LogP contribution in [0.3, 0.4) is 0 Å². The van der Waals surface area contributed by atoms with Crippen molar-refractivity contribution in [3.63, 3.8) is 0 Å². The lowest BCUT2D eigenvalue weighted by molar-refractivity contribution is -0.143. The Kier molecular flexibility index (Phi) is 5.11. The van der Waals surface area contributed by atoms with Gasteiger partial charge >= 0.3 is 5.97 Å². The van der Waals surface area contributed by atoms with E-state index in [0.29, 0.717) is 5.75 Å². The zero-order chi connectivity index (χ0) is 12.0. The molecule has 0 aliphatic carbocycles. The van der Waals surface area contributed by atoms with Crippen LogP contribution < -0.4 is 4.74 Å². The third-order valence-corrected chi connectivity index (χ3v) is 3.28. The average molecular weight is 241 g/mol. The molecule has 16 heavy (non-hydrogen) atoms. The van der Waals surface area contributed by atoms with Gasteiger partial charge in [0.2, 0.25) is 0 Å². The summed E-state index contributed by atoms with van der Waals surface area (Å²) in [6.45, 7) is 1.83. The lowest BCUT2D eigenvalue weighted by Gasteiger charge is -2.09. The SMILES string of the molecule is COC(=O)C(C)CSc1ncccc1OC. The number of hydrogen-bond acceptors (Lipinski definition) is 5. The van der Waals surface area contributed by atoms with E-state index in [0.717, 1.165) is 10.8 Å². The number of thioether (sulfide) groups is 1. The van der Waals surface area contributed by atoms with Crippen molar-refractivity contribution in [2.75, 3.05) is 20.0 Å². The molecule has 4 nitrogen and oxygen atoms in total. The van der Waals surface area contributed by atoms with Crippen molar-refractivity contribution >= 4 is 17.7 Å². The highest BCUT2D eigenvalue weighted by Crippen LogP contribution is 2.27. The molecule has 88 valence electrons. The van der Waals surface area contributed by atoms with Crippen molar-refractivity contribution in [2.45, 2.75) is 11.9 Å². The largest absolute Gasteiger partial charge is 0.494 e. The lowest BCUT2D eigenvalue weighted by Crippen LogP contribution is -2.14. The van der Waals surface area contributed by atoms with Gasteiger partial charge in [0.1, 0.15) is 5.03 Å². The standard InChI is InChI=1S/C11H15NO3S/c1-8(11(13)15-3)7-16-10-9(14-2)5-4-6-12-10/h4-6,8H,7H2,1-3H3. The number of hydrogen-bond donors (Lipinski definition) is 0. The molecular formula is C11H15NO3S. The van der Waals surface area contributed by atoms with Gasteiger partial charge in [0.05, 0.1) is 20.1 Å². The van der Waals surface area contributed by atoms with E-state index in [4.69, 9.17) is 4.74 Å². The molecule has 0 radical (unpaired) electrons. The Labute approximate surface area is 99.4 Å². The van der Waals surface area contributed by atoms with E-state index < -0.39 is 0 Å². The van der Waals surface area contributed by atoms with Crippen LogP contribution in [0.25, 0.3) is 0 Å². The van der Waals surface area contributed by atoms with Crippen LogP contribution in [0.2, 0.25) is 0 Å². The predicted octanol–water partition coefficient (Wildman–Crippen LogP) is 1.99. The first-order chi connectivity index (χ1) is 7.69. The molecule has 0 saturated carbocycles. The van der Waals surface area contributed by atoms with E-state index in [1.807, 2.05) is 19.1 Å². The normalized spacial score (nSPS) is 11.9. The van der Waals surface area contributed by atoms with Crippen molar-refractivity contribution in [2.24, 2.45) is 5.92 Å². The van der Waals surface area contributed by atoms with Gasteiger partial charge in [-0.2, -0.15) is 0 Å². The minimum absolute atomic E-state index is 0.151. The Hall–Kier alpha value is -1.23. The highest BCUT2D eigenvalue weighted by Gasteiger charge is 2.14. The first-order valence-electron chi connectivity index (χ1n) is 4.88. The van der Waals surface area contributed by atoms with Crippen molar-refractivity contribution in [1.82, 2.24) is 4.98 Å². The summed E-state index contributed by atoms with van der Waals surface area (Å²) in [5.41, 5.74) is 0. The zero-order valence-corrected chi connectivity index (χ0v) is 10.4. The minimum atomic E-state index is -0.206. The molecule has 0 aliphatic heterocycles. The summed E-state index contributed by atoms with van der Waals surface area (Å²) in [6.07, 6.45) is 1.70. The Morgan fingerprint density at radius 2 is 2.31 bits per heavy atom. The molecule has 0 amide bonds. The minimum Gasteiger partial charge on any atom is -0.494 e. The number of ether oxygens (including phenoxy) is 2. The number of rotatable bonds is 5. The quantitative estimate of drug-likeness (QED) is 0.583. The van der Waals surface area contributed by atoms with Gasteiger partial charge in [-0.1, -0.05) is 6.92 Å². The summed E-state index contributed by atoms with van der Waals surface area (Å²) in [5, 5.41) is 0.792. The molecule has 0 aromatic carbocycles. The predicted molar refractivity (Wildman–Crippen MR) is 62.7 cm³/mol. The number of carbonyl (C=O) groups is 1. The molecular weight excluding hydrogens is 226 g/mol. The van der Waals surface area contributed by atoms with Crippen LogP contribution >= 0.6 is 11.8 Å². The Morgan fingerprint density at radius 3 is 2.94 bits per heavy atom. The van der Waals surface area contributed by atoms with Crippen LogP contribution in [0, 0.1) is 5.92 Å². The molecule has 0 N–H and O–H groups in total. The highest BCUT2D eigenvalue weighted by atomic mass is 32.2. The Balaban J connectivity index is 2.57. The van der Waals surface area contributed by atoms with Crippen LogP contribution in [0.5, 0.6) is 5.75 Å². The number of methoxy groups -OCH3 is 2. The fraction of sp³-hybridized carbons (Fsp3) is 0.455. The van der Waals surface area contributed by atoms with Crippen LogP contribution in [0.4, 0.5) is 0 Å². The van der Waals surface area contributed by atoms with Crippen LogP contribution in [0.1, 0.15) is 6.92 Å². The topological polar surface area (TPSA) is 48.4 Å². The molecule has 0 bridgehead atoms. The van der Waals surface area contributed by atoms with Crippen molar-refractivity contribution in [3.8, 4) is 5.75 Å². The maximum absolute atomic E-state index is 11.2. The highest BCUT2D eigenvalue weighted by molar-refractivity contribution is 7.99. The molecule has 0 spiro atoms. The average Bonchev–Trinajstić information content (AvgIpc) is 2.35. The van der Waals surface area contributed by atoms with Crippen LogP contribution in [0.15, 0.2) is 23.4 Å². The fourth-order valence-electron chi connectivity index (χ4n) is 1.11. The monoisotopic (exact) mass is 241 g/mol. The molecule has 0 fully saturated rings. The first-order valence-corrected chi connectivity index (χ1v) is 5.87. The van der Waals surface area contributed by atoms with Gasteiger partial charge in [-0.15, -0.1) is 11.8 Å². The number of pyridine rings is 1. The number of carbonyl (C=O) groups excluding carboxylic acids is 1. The Morgan fingerprint density at radius 1 is 1.56 bits per heavy atom. The number of aromatic nitrogens is 1. The van der Waals surface area contributed by atoms with Crippen molar-refractivity contribution in [3.05, 3.63) is 18.3 Å². The van der Waals surface area contributed by atoms with Gasteiger partial charge in [0, 0.05) is 11.9 Å². The summed E-state index contributed by atoms with van der Waals surface area (Å²) in [6, 6.07) is 3.66. The number of esters is 1. The summed E-state index contributed by atoms with van der Waals surface area (Å²) >= 11 is 1.49. The van der Waals surface area contributed by atoms with Crippen molar-refractivity contribution in [1.29, 1.82) is 0 Å². The second kappa shape index (κ2) is 6.37. The summed E-state index contributed by atoms with van der Waals surface area (Å²) in [4.78, 5) is 15.4. The summed E-state index contributed by atoms with van der Waals surface area (Å²) in [5.74, 6) is 0.994. The summed E-state index contributed by atoms with van der Waals surface area (Å²) < 4.78 is 9.82. The lowest BCUT2D eigenvalue weighted by atomic mass is 10.2. The second-order valence-electron chi connectivity index (χ2n) is 3.25. The molecule has 1 aromatic rings. The maximum Gasteiger partial charge on any atom is 0.309 e. The van der Waals surface area contributed by atoms with E-state index in [9.17, 15) is 4.79 Å². The molecule has 5 heteroatoms. The molecule has 1 atom stereocenters. The van der Waals surface area contributed by atoms with Gasteiger partial charge < -0.3 is 9.47 Å². The van der Waals surface area contributed by atoms with Gasteiger partial charge in [-0.25, -0.2) is 4.98 Å². The fourth-order valence-corrected chi connectivity index (χ4v) is 2.09. The third-order valence-electron chi connectivity index (χ3n) is 2.03. The van der Waals surface area contributed by atoms with E-state index in [1.54, 1.807) is 13.3 Å². The molecule has 1 unspecified atom stereocenters. The molecule has 1 rings (SSSR count). The first kappa shape index (κ1) is 12.8. The Bertz CT molecular complexity index is 357. The number of nitrogens with zero attached hydrogens (tertiary/aromatic N) is 1. The molecule has 1 aromatic heterocycles. The van der Waals surface area contributed by atoms with Gasteiger partial charge in [0.15, 0.2) is 5.75 Å². The second-order valence-corrected chi connectivity index (χ2v) is 4.25. The van der Waals surface area contributed by atoms with E-state index in [2.05, 4.69) is 9.72 Å². The van der Waals surface area contributed by atoms with Gasteiger partial charge in [-0.05, 0) is 12.1 Å². The maximum atomic E-state index is 11.2.